The minimum absolute atomic E-state index is 0.113. The highest BCUT2D eigenvalue weighted by molar-refractivity contribution is 6.31. The molecule has 2 N–H and O–H groups in total. The molecule has 0 bridgehead atoms. The summed E-state index contributed by atoms with van der Waals surface area (Å²) in [6, 6.07) is 10.0. The van der Waals surface area contributed by atoms with Gasteiger partial charge >= 0.3 is 12.4 Å². The van der Waals surface area contributed by atoms with Crippen molar-refractivity contribution in [3.8, 4) is 0 Å². The number of nitrogens with one attached hydrogen (secondary N) is 2. The van der Waals surface area contributed by atoms with Gasteiger partial charge in [0.2, 0.25) is 0 Å². The zero-order valence-corrected chi connectivity index (χ0v) is 19.4. The predicted molar refractivity (Wildman–Crippen MR) is 126 cm³/mol. The van der Waals surface area contributed by atoms with Crippen LogP contribution in [0.15, 0.2) is 72.3 Å². The van der Waals surface area contributed by atoms with Gasteiger partial charge in [0.05, 0.1) is 16.1 Å². The number of carbonyl (C=O) groups is 2. The highest BCUT2D eigenvalue weighted by atomic mass is 35.5. The number of anilines is 2. The number of hydrogen-bond donors (Lipinski definition) is 2. The number of rotatable bonds is 6. The van der Waals surface area contributed by atoms with Gasteiger partial charge in [-0.2, -0.15) is 26.3 Å². The van der Waals surface area contributed by atoms with E-state index in [1.165, 1.54) is 0 Å². The number of carbonyl (C=O) groups excluding carboxylic acids is 2. The summed E-state index contributed by atoms with van der Waals surface area (Å²) in [4.78, 5) is 36.3. The highest BCUT2D eigenvalue weighted by Crippen LogP contribution is 2.32. The number of hydrogen-bond acceptors (Lipinski definition) is 4. The Morgan fingerprint density at radius 2 is 1.26 bits per heavy atom. The van der Waals surface area contributed by atoms with Crippen LogP contribution in [0.5, 0.6) is 0 Å². The van der Waals surface area contributed by atoms with E-state index >= 15 is 0 Å². The maximum absolute atomic E-state index is 13.0. The molecule has 0 unspecified atom stereocenters. The van der Waals surface area contributed by atoms with Gasteiger partial charge in [-0.1, -0.05) is 23.7 Å². The minimum Gasteiger partial charge on any atom is -0.322 e. The van der Waals surface area contributed by atoms with E-state index in [2.05, 4.69) is 10.6 Å². The molecule has 0 heterocycles. The summed E-state index contributed by atoms with van der Waals surface area (Å²) in [5.74, 6) is -2.51. The molecule has 3 aromatic rings. The topological polar surface area (TPSA) is 101 Å². The summed E-state index contributed by atoms with van der Waals surface area (Å²) < 4.78 is 78.3. The second-order valence-electron chi connectivity index (χ2n) is 7.62. The van der Waals surface area contributed by atoms with Gasteiger partial charge in [0.15, 0.2) is 0 Å². The number of nitro groups is 1. The van der Waals surface area contributed by atoms with Crippen LogP contribution in [-0.2, 0) is 21.9 Å². The lowest BCUT2D eigenvalue weighted by Gasteiger charge is -2.13. The summed E-state index contributed by atoms with van der Waals surface area (Å²) in [5.41, 5.74) is -4.30. The summed E-state index contributed by atoms with van der Waals surface area (Å²) in [5, 5.41) is 15.2. The third kappa shape index (κ3) is 7.32. The molecule has 0 aromatic heterocycles. The first-order valence-corrected chi connectivity index (χ1v) is 10.6. The monoisotopic (exact) mass is 557 g/mol. The van der Waals surface area contributed by atoms with Crippen molar-refractivity contribution in [1.82, 2.24) is 0 Å². The Kier molecular flexibility index (Phi) is 8.10. The summed E-state index contributed by atoms with van der Waals surface area (Å²) in [6.45, 7) is 0. The first-order valence-electron chi connectivity index (χ1n) is 10.3. The Bertz CT molecular complexity index is 1360. The summed E-state index contributed by atoms with van der Waals surface area (Å²) in [7, 11) is 0. The van der Waals surface area contributed by atoms with Crippen molar-refractivity contribution < 1.29 is 40.9 Å². The molecule has 0 aliphatic heterocycles. The van der Waals surface area contributed by atoms with Gasteiger partial charge in [-0.15, -0.1) is 0 Å². The molecule has 0 spiro atoms. The average Bonchev–Trinajstić information content (AvgIpc) is 2.81. The maximum atomic E-state index is 13.0. The summed E-state index contributed by atoms with van der Waals surface area (Å²) in [6.07, 6.45) is -8.62. The van der Waals surface area contributed by atoms with Crippen molar-refractivity contribution in [2.75, 3.05) is 10.6 Å². The van der Waals surface area contributed by atoms with Crippen LogP contribution < -0.4 is 10.6 Å². The average molecular weight is 558 g/mol. The molecule has 3 rings (SSSR count). The van der Waals surface area contributed by atoms with Crippen molar-refractivity contribution in [1.29, 1.82) is 0 Å². The molecule has 2 amide bonds. The number of amides is 2. The first-order chi connectivity index (χ1) is 17.6. The molecule has 0 aliphatic carbocycles. The molecule has 0 fully saturated rings. The molecule has 3 aromatic carbocycles. The Hall–Kier alpha value is -4.39. The van der Waals surface area contributed by atoms with Gasteiger partial charge in [-0.05, 0) is 54.1 Å². The molecule has 198 valence electrons. The van der Waals surface area contributed by atoms with Crippen LogP contribution in [0.4, 0.5) is 43.4 Å². The van der Waals surface area contributed by atoms with Gasteiger partial charge in [0.25, 0.3) is 17.5 Å². The van der Waals surface area contributed by atoms with E-state index in [-0.39, 0.29) is 22.0 Å². The molecule has 0 radical (unpaired) electrons. The molecule has 38 heavy (non-hydrogen) atoms. The van der Waals surface area contributed by atoms with E-state index in [1.54, 1.807) is 0 Å². The van der Waals surface area contributed by atoms with E-state index in [9.17, 15) is 46.0 Å². The maximum Gasteiger partial charge on any atom is 0.416 e. The third-order valence-electron chi connectivity index (χ3n) is 4.81. The van der Waals surface area contributed by atoms with Gasteiger partial charge in [-0.3, -0.25) is 19.7 Å². The molecule has 0 atom stereocenters. The molecular formula is C24H14ClF6N3O4. The highest BCUT2D eigenvalue weighted by Gasteiger charge is 2.32. The van der Waals surface area contributed by atoms with Crippen LogP contribution in [0.3, 0.4) is 0 Å². The van der Waals surface area contributed by atoms with Crippen LogP contribution in [0.1, 0.15) is 16.7 Å². The van der Waals surface area contributed by atoms with E-state index in [0.717, 1.165) is 60.7 Å². The fraction of sp³-hybridized carbons (Fsp3) is 0.0833. The van der Waals surface area contributed by atoms with Gasteiger partial charge in [0, 0.05) is 28.5 Å². The Morgan fingerprint density at radius 3 is 1.68 bits per heavy atom. The lowest BCUT2D eigenvalue weighted by Crippen LogP contribution is -2.25. The smallest absolute Gasteiger partial charge is 0.322 e. The number of nitro benzene ring substituents is 1. The van der Waals surface area contributed by atoms with Crippen molar-refractivity contribution >= 4 is 46.6 Å². The molecule has 7 nitrogen and oxygen atoms in total. The third-order valence-corrected chi connectivity index (χ3v) is 5.03. The molecule has 0 saturated carbocycles. The Labute approximate surface area is 214 Å². The van der Waals surface area contributed by atoms with E-state index in [1.807, 2.05) is 0 Å². The zero-order chi connectivity index (χ0) is 28.3. The number of alkyl halides is 6. The van der Waals surface area contributed by atoms with Crippen molar-refractivity contribution in [2.24, 2.45) is 0 Å². The van der Waals surface area contributed by atoms with Crippen LogP contribution in [0, 0.1) is 10.1 Å². The largest absolute Gasteiger partial charge is 0.416 e. The number of halogens is 7. The number of non-ortho nitro benzene ring substituents is 1. The van der Waals surface area contributed by atoms with Crippen molar-refractivity contribution in [3.63, 3.8) is 0 Å². The normalized spacial score (nSPS) is 11.4. The van der Waals surface area contributed by atoms with Crippen LogP contribution in [0.25, 0.3) is 6.08 Å². The SMILES string of the molecule is O=C(Nc1cccc(C(F)(F)F)c1)C(=Cc1cc(Cl)cc([N+](=O)[O-])c1)C(=O)Nc1cccc(C(F)(F)F)c1. The number of nitrogens with zero attached hydrogens (tertiary/aromatic N) is 1. The molecule has 14 heteroatoms. The van der Waals surface area contributed by atoms with E-state index in [4.69, 9.17) is 11.6 Å². The van der Waals surface area contributed by atoms with Crippen LogP contribution >= 0.6 is 11.6 Å². The van der Waals surface area contributed by atoms with E-state index < -0.39 is 51.5 Å². The first kappa shape index (κ1) is 28.2. The standard InChI is InChI=1S/C24H14ClF6N3O4/c25-16-7-13(8-19(12-16)34(37)38)9-20(21(35)32-17-5-1-3-14(10-17)23(26,27)28)22(36)33-18-6-2-4-15(11-18)24(29,30)31/h1-12H,(H,32,35)(H,33,36). The van der Waals surface area contributed by atoms with Crippen molar-refractivity contribution in [2.45, 2.75) is 12.4 Å². The fourth-order valence-corrected chi connectivity index (χ4v) is 3.37. The van der Waals surface area contributed by atoms with Gasteiger partial charge in [0.1, 0.15) is 5.57 Å². The second kappa shape index (κ2) is 10.9. The molecule has 0 saturated heterocycles. The molecular weight excluding hydrogens is 544 g/mol. The lowest BCUT2D eigenvalue weighted by molar-refractivity contribution is -0.384. The second-order valence-corrected chi connectivity index (χ2v) is 8.06. The van der Waals surface area contributed by atoms with Crippen LogP contribution in [-0.4, -0.2) is 16.7 Å². The number of benzene rings is 3. The van der Waals surface area contributed by atoms with Crippen LogP contribution in [0.2, 0.25) is 5.02 Å². The Balaban J connectivity index is 2.02. The minimum atomic E-state index is -4.74. The zero-order valence-electron chi connectivity index (χ0n) is 18.7. The molecule has 0 aliphatic rings. The Morgan fingerprint density at radius 1 is 0.789 bits per heavy atom. The van der Waals surface area contributed by atoms with E-state index in [0.29, 0.717) is 12.1 Å². The quantitative estimate of drug-likeness (QED) is 0.0855. The summed E-state index contributed by atoms with van der Waals surface area (Å²) >= 11 is 5.87. The van der Waals surface area contributed by atoms with Gasteiger partial charge < -0.3 is 10.6 Å². The van der Waals surface area contributed by atoms with Gasteiger partial charge in [-0.25, -0.2) is 0 Å². The van der Waals surface area contributed by atoms with Crippen molar-refractivity contribution in [3.05, 3.63) is 104 Å². The predicted octanol–water partition coefficient (Wildman–Crippen LogP) is 6.95. The fourth-order valence-electron chi connectivity index (χ4n) is 3.13. The lowest BCUT2D eigenvalue weighted by atomic mass is 10.1.